The summed E-state index contributed by atoms with van der Waals surface area (Å²) in [4.78, 5) is 2.64. The molecule has 2 N–H and O–H groups in total. The highest BCUT2D eigenvalue weighted by molar-refractivity contribution is 4.92. The fraction of sp³-hybridized carbons (Fsp3) is 1.00. The van der Waals surface area contributed by atoms with Gasteiger partial charge in [-0.2, -0.15) is 0 Å². The van der Waals surface area contributed by atoms with Crippen LogP contribution in [0.1, 0.15) is 52.4 Å². The lowest BCUT2D eigenvalue weighted by Gasteiger charge is -2.46. The van der Waals surface area contributed by atoms with Crippen LogP contribution in [0.25, 0.3) is 0 Å². The quantitative estimate of drug-likeness (QED) is 0.735. The fourth-order valence-corrected chi connectivity index (χ4v) is 3.10. The molecule has 1 aliphatic carbocycles. The number of hydrogen-bond acceptors (Lipinski definition) is 2. The Hall–Kier alpha value is -0.0800. The summed E-state index contributed by atoms with van der Waals surface area (Å²) in [5.74, 6) is 0. The van der Waals surface area contributed by atoms with Crippen molar-refractivity contribution in [3.8, 4) is 0 Å². The van der Waals surface area contributed by atoms with Crippen LogP contribution in [0.2, 0.25) is 0 Å². The summed E-state index contributed by atoms with van der Waals surface area (Å²) in [5, 5.41) is 0. The van der Waals surface area contributed by atoms with E-state index in [1.54, 1.807) is 0 Å². The summed E-state index contributed by atoms with van der Waals surface area (Å²) in [6.07, 6.45) is 8.15. The first-order valence-electron chi connectivity index (χ1n) is 6.24. The second kappa shape index (κ2) is 5.72. The lowest BCUT2D eigenvalue weighted by Crippen LogP contribution is -2.51. The minimum Gasteiger partial charge on any atom is -0.330 e. The van der Waals surface area contributed by atoms with Gasteiger partial charge in [-0.15, -0.1) is 0 Å². The van der Waals surface area contributed by atoms with Crippen LogP contribution in [0, 0.1) is 0 Å². The molecule has 0 unspecified atom stereocenters. The van der Waals surface area contributed by atoms with Crippen molar-refractivity contribution in [1.29, 1.82) is 0 Å². The van der Waals surface area contributed by atoms with E-state index in [9.17, 15) is 0 Å². The molecule has 1 saturated carbocycles. The third-order valence-corrected chi connectivity index (χ3v) is 3.83. The minimum absolute atomic E-state index is 0.455. The molecule has 2 heteroatoms. The first kappa shape index (κ1) is 12.0. The molecule has 0 aromatic carbocycles. The van der Waals surface area contributed by atoms with Gasteiger partial charge >= 0.3 is 0 Å². The van der Waals surface area contributed by atoms with Crippen molar-refractivity contribution in [1.82, 2.24) is 4.90 Å². The predicted molar refractivity (Wildman–Crippen MR) is 62.4 cm³/mol. The van der Waals surface area contributed by atoms with Crippen LogP contribution in [0.4, 0.5) is 0 Å². The topological polar surface area (TPSA) is 29.3 Å². The van der Waals surface area contributed by atoms with Crippen LogP contribution in [0.5, 0.6) is 0 Å². The van der Waals surface area contributed by atoms with E-state index in [0.29, 0.717) is 5.54 Å². The van der Waals surface area contributed by atoms with Gasteiger partial charge in [0, 0.05) is 5.54 Å². The van der Waals surface area contributed by atoms with Crippen LogP contribution in [0.15, 0.2) is 0 Å². The van der Waals surface area contributed by atoms with Crippen molar-refractivity contribution in [3.63, 3.8) is 0 Å². The van der Waals surface area contributed by atoms with E-state index in [2.05, 4.69) is 18.7 Å². The normalized spacial score (nSPS) is 21.4. The van der Waals surface area contributed by atoms with Gasteiger partial charge < -0.3 is 5.73 Å². The van der Waals surface area contributed by atoms with Crippen LogP contribution < -0.4 is 5.73 Å². The minimum atomic E-state index is 0.455. The predicted octanol–water partition coefficient (Wildman–Crippen LogP) is 2.38. The first-order valence-corrected chi connectivity index (χ1v) is 6.24. The Kier molecular flexibility index (Phi) is 4.90. The third-order valence-electron chi connectivity index (χ3n) is 3.83. The van der Waals surface area contributed by atoms with Crippen molar-refractivity contribution in [2.75, 3.05) is 19.6 Å². The van der Waals surface area contributed by atoms with Crippen molar-refractivity contribution < 1.29 is 0 Å². The Bertz CT molecular complexity index is 141. The number of nitrogens with zero attached hydrogens (tertiary/aromatic N) is 1. The molecule has 0 bridgehead atoms. The number of nitrogens with two attached hydrogens (primary N) is 1. The van der Waals surface area contributed by atoms with Crippen LogP contribution >= 0.6 is 0 Å². The molecule has 0 atom stereocenters. The van der Waals surface area contributed by atoms with E-state index in [0.717, 1.165) is 6.54 Å². The van der Waals surface area contributed by atoms with Crippen LogP contribution in [0.3, 0.4) is 0 Å². The van der Waals surface area contributed by atoms with Gasteiger partial charge in [-0.1, -0.05) is 33.1 Å². The molecule has 1 rings (SSSR count). The lowest BCUT2D eigenvalue weighted by molar-refractivity contribution is 0.0535. The molecule has 0 spiro atoms. The van der Waals surface area contributed by atoms with E-state index in [-0.39, 0.29) is 0 Å². The second-order valence-electron chi connectivity index (χ2n) is 4.50. The molecule has 0 amide bonds. The largest absolute Gasteiger partial charge is 0.330 e. The molecule has 0 aliphatic heterocycles. The SMILES string of the molecule is CCN(CC)C1(CCN)CCCCC1. The van der Waals surface area contributed by atoms with Gasteiger partial charge in [0.05, 0.1) is 0 Å². The highest BCUT2D eigenvalue weighted by Gasteiger charge is 2.35. The monoisotopic (exact) mass is 198 g/mol. The summed E-state index contributed by atoms with van der Waals surface area (Å²) >= 11 is 0. The summed E-state index contributed by atoms with van der Waals surface area (Å²) < 4.78 is 0. The van der Waals surface area contributed by atoms with Gasteiger partial charge in [-0.25, -0.2) is 0 Å². The molecule has 1 fully saturated rings. The molecule has 14 heavy (non-hydrogen) atoms. The van der Waals surface area contributed by atoms with Crippen molar-refractivity contribution in [3.05, 3.63) is 0 Å². The standard InChI is InChI=1S/C12H26N2/c1-3-14(4-2)12(10-11-13)8-6-5-7-9-12/h3-11,13H2,1-2H3. The number of hydrogen-bond donors (Lipinski definition) is 1. The van der Waals surface area contributed by atoms with Crippen molar-refractivity contribution in [2.45, 2.75) is 57.9 Å². The zero-order valence-electron chi connectivity index (χ0n) is 9.89. The molecule has 1 aliphatic rings. The fourth-order valence-electron chi connectivity index (χ4n) is 3.10. The lowest BCUT2D eigenvalue weighted by atomic mass is 9.78. The third kappa shape index (κ3) is 2.48. The Morgan fingerprint density at radius 3 is 2.07 bits per heavy atom. The summed E-state index contributed by atoms with van der Waals surface area (Å²) in [6.45, 7) is 7.75. The molecule has 84 valence electrons. The van der Waals surface area contributed by atoms with E-state index in [1.165, 1.54) is 51.6 Å². The second-order valence-corrected chi connectivity index (χ2v) is 4.50. The maximum absolute atomic E-state index is 5.77. The van der Waals surface area contributed by atoms with Gasteiger partial charge in [0.2, 0.25) is 0 Å². The van der Waals surface area contributed by atoms with Crippen LogP contribution in [-0.4, -0.2) is 30.1 Å². The summed E-state index contributed by atoms with van der Waals surface area (Å²) in [5.41, 5.74) is 6.22. The molecular weight excluding hydrogens is 172 g/mol. The molecular formula is C12H26N2. The maximum atomic E-state index is 5.77. The highest BCUT2D eigenvalue weighted by atomic mass is 15.2. The number of rotatable bonds is 5. The Labute approximate surface area is 88.8 Å². The van der Waals surface area contributed by atoms with Crippen LogP contribution in [-0.2, 0) is 0 Å². The average molecular weight is 198 g/mol. The Morgan fingerprint density at radius 1 is 1.07 bits per heavy atom. The van der Waals surface area contributed by atoms with Crippen molar-refractivity contribution in [2.24, 2.45) is 5.73 Å². The van der Waals surface area contributed by atoms with Gasteiger partial charge in [0.25, 0.3) is 0 Å². The average Bonchev–Trinajstić information content (AvgIpc) is 2.21. The van der Waals surface area contributed by atoms with Crippen molar-refractivity contribution >= 4 is 0 Å². The molecule has 0 aromatic heterocycles. The molecule has 0 radical (unpaired) electrons. The van der Waals surface area contributed by atoms with Gasteiger partial charge in [-0.05, 0) is 38.9 Å². The zero-order valence-corrected chi connectivity index (χ0v) is 9.89. The van der Waals surface area contributed by atoms with E-state index < -0.39 is 0 Å². The molecule has 0 saturated heterocycles. The molecule has 2 nitrogen and oxygen atoms in total. The van der Waals surface area contributed by atoms with Gasteiger partial charge in [0.15, 0.2) is 0 Å². The maximum Gasteiger partial charge on any atom is 0.0221 e. The van der Waals surface area contributed by atoms with E-state index in [1.807, 2.05) is 0 Å². The Balaban J connectivity index is 2.67. The molecule has 0 aromatic rings. The van der Waals surface area contributed by atoms with Gasteiger partial charge in [0.1, 0.15) is 0 Å². The summed E-state index contributed by atoms with van der Waals surface area (Å²) in [7, 11) is 0. The highest BCUT2D eigenvalue weighted by Crippen LogP contribution is 2.35. The summed E-state index contributed by atoms with van der Waals surface area (Å²) in [6, 6.07) is 0. The molecule has 0 heterocycles. The zero-order chi connectivity index (χ0) is 10.4. The Morgan fingerprint density at radius 2 is 1.64 bits per heavy atom. The van der Waals surface area contributed by atoms with E-state index in [4.69, 9.17) is 5.73 Å². The first-order chi connectivity index (χ1) is 6.79. The van der Waals surface area contributed by atoms with Gasteiger partial charge in [-0.3, -0.25) is 4.90 Å². The van der Waals surface area contributed by atoms with E-state index >= 15 is 0 Å². The smallest absolute Gasteiger partial charge is 0.0221 e.